The quantitative estimate of drug-likeness (QED) is 0.842. The number of rotatable bonds is 2. The predicted molar refractivity (Wildman–Crippen MR) is 60.1 cm³/mol. The molecule has 1 saturated heterocycles. The van der Waals surface area contributed by atoms with Crippen LogP contribution in [0.4, 0.5) is 0 Å². The fourth-order valence-electron chi connectivity index (χ4n) is 1.95. The van der Waals surface area contributed by atoms with Crippen molar-refractivity contribution in [1.82, 2.24) is 4.90 Å². The van der Waals surface area contributed by atoms with Gasteiger partial charge in [0.15, 0.2) is 0 Å². The fourth-order valence-corrected chi connectivity index (χ4v) is 3.19. The van der Waals surface area contributed by atoms with Crippen LogP contribution < -0.4 is 0 Å². The summed E-state index contributed by atoms with van der Waals surface area (Å²) in [6.07, 6.45) is 1.53. The number of hydrogen-bond acceptors (Lipinski definition) is 3. The van der Waals surface area contributed by atoms with Crippen molar-refractivity contribution in [1.29, 1.82) is 0 Å². The highest BCUT2D eigenvalue weighted by Gasteiger charge is 2.35. The standard InChI is InChI=1S/C10H14ClNOS/c1-12-4-3-10(13,7-12)6-9-8(11)2-5-14-9/h2,5,13H,3-4,6-7H2,1H3. The Labute approximate surface area is 93.1 Å². The molecule has 0 amide bonds. The molecule has 4 heteroatoms. The van der Waals surface area contributed by atoms with Gasteiger partial charge in [0.05, 0.1) is 10.6 Å². The summed E-state index contributed by atoms with van der Waals surface area (Å²) < 4.78 is 0. The maximum atomic E-state index is 10.3. The van der Waals surface area contributed by atoms with Crippen molar-refractivity contribution in [3.05, 3.63) is 21.3 Å². The number of likely N-dealkylation sites (tertiary alicyclic amines) is 1. The van der Waals surface area contributed by atoms with Crippen LogP contribution in [0.3, 0.4) is 0 Å². The Morgan fingerprint density at radius 2 is 2.50 bits per heavy atom. The van der Waals surface area contributed by atoms with E-state index in [-0.39, 0.29) is 0 Å². The molecule has 1 aromatic heterocycles. The van der Waals surface area contributed by atoms with E-state index in [2.05, 4.69) is 4.90 Å². The first kappa shape index (κ1) is 10.4. The van der Waals surface area contributed by atoms with Crippen molar-refractivity contribution in [3.8, 4) is 0 Å². The van der Waals surface area contributed by atoms with Gasteiger partial charge in [-0.2, -0.15) is 0 Å². The number of likely N-dealkylation sites (N-methyl/N-ethyl adjacent to an activating group) is 1. The van der Waals surface area contributed by atoms with Crippen LogP contribution in [-0.4, -0.2) is 35.7 Å². The van der Waals surface area contributed by atoms with Gasteiger partial charge < -0.3 is 10.0 Å². The smallest absolute Gasteiger partial charge is 0.0834 e. The van der Waals surface area contributed by atoms with E-state index in [9.17, 15) is 5.11 Å². The van der Waals surface area contributed by atoms with E-state index in [4.69, 9.17) is 11.6 Å². The van der Waals surface area contributed by atoms with Crippen molar-refractivity contribution in [2.24, 2.45) is 0 Å². The first-order valence-corrected chi connectivity index (χ1v) is 5.98. The van der Waals surface area contributed by atoms with E-state index in [1.807, 2.05) is 18.5 Å². The minimum absolute atomic E-state index is 0.566. The van der Waals surface area contributed by atoms with Gasteiger partial charge in [-0.25, -0.2) is 0 Å². The molecule has 0 radical (unpaired) electrons. The Morgan fingerprint density at radius 1 is 1.71 bits per heavy atom. The van der Waals surface area contributed by atoms with Crippen LogP contribution in [0, 0.1) is 0 Å². The topological polar surface area (TPSA) is 23.5 Å². The summed E-state index contributed by atoms with van der Waals surface area (Å²) in [6, 6.07) is 1.89. The molecule has 1 N–H and O–H groups in total. The second-order valence-corrected chi connectivity index (χ2v) is 5.49. The van der Waals surface area contributed by atoms with Crippen LogP contribution in [0.25, 0.3) is 0 Å². The van der Waals surface area contributed by atoms with Gasteiger partial charge >= 0.3 is 0 Å². The molecule has 0 spiro atoms. The molecule has 2 heterocycles. The number of thiophene rings is 1. The molecule has 1 fully saturated rings. The van der Waals surface area contributed by atoms with Gasteiger partial charge in [0.25, 0.3) is 0 Å². The SMILES string of the molecule is CN1CCC(O)(Cc2sccc2Cl)C1. The van der Waals surface area contributed by atoms with Crippen LogP contribution in [-0.2, 0) is 6.42 Å². The number of hydrogen-bond donors (Lipinski definition) is 1. The summed E-state index contributed by atoms with van der Waals surface area (Å²) >= 11 is 7.63. The third kappa shape index (κ3) is 2.11. The second kappa shape index (κ2) is 3.81. The monoisotopic (exact) mass is 231 g/mol. The zero-order valence-electron chi connectivity index (χ0n) is 8.16. The highest BCUT2D eigenvalue weighted by atomic mass is 35.5. The normalized spacial score (nSPS) is 28.5. The summed E-state index contributed by atoms with van der Waals surface area (Å²) in [5.41, 5.74) is -0.566. The molecule has 0 aliphatic carbocycles. The molecule has 1 aromatic rings. The Kier molecular flexibility index (Phi) is 2.84. The van der Waals surface area contributed by atoms with E-state index in [0.717, 1.165) is 29.4 Å². The minimum atomic E-state index is -0.566. The van der Waals surface area contributed by atoms with E-state index in [1.54, 1.807) is 11.3 Å². The molecule has 0 bridgehead atoms. The maximum absolute atomic E-state index is 10.3. The van der Waals surface area contributed by atoms with Crippen LogP contribution in [0.1, 0.15) is 11.3 Å². The summed E-state index contributed by atoms with van der Waals surface area (Å²) in [7, 11) is 2.04. The largest absolute Gasteiger partial charge is 0.388 e. The molecule has 0 aromatic carbocycles. The molecule has 0 saturated carbocycles. The van der Waals surface area contributed by atoms with E-state index < -0.39 is 5.60 Å². The summed E-state index contributed by atoms with van der Waals surface area (Å²) in [5.74, 6) is 0. The Hall–Kier alpha value is -0.0900. The zero-order chi connectivity index (χ0) is 10.2. The predicted octanol–water partition coefficient (Wildman–Crippen LogP) is 2.01. The van der Waals surface area contributed by atoms with Gasteiger partial charge in [-0.15, -0.1) is 11.3 Å². The van der Waals surface area contributed by atoms with Gasteiger partial charge in [0.2, 0.25) is 0 Å². The highest BCUT2D eigenvalue weighted by Crippen LogP contribution is 2.30. The van der Waals surface area contributed by atoms with Crippen molar-refractivity contribution in [3.63, 3.8) is 0 Å². The molecule has 2 nitrogen and oxygen atoms in total. The van der Waals surface area contributed by atoms with Gasteiger partial charge in [-0.1, -0.05) is 11.6 Å². The number of nitrogens with zero attached hydrogens (tertiary/aromatic N) is 1. The number of aliphatic hydroxyl groups is 1. The van der Waals surface area contributed by atoms with E-state index in [0.29, 0.717) is 6.42 Å². The van der Waals surface area contributed by atoms with E-state index in [1.165, 1.54) is 0 Å². The van der Waals surface area contributed by atoms with Gasteiger partial charge in [-0.3, -0.25) is 0 Å². The highest BCUT2D eigenvalue weighted by molar-refractivity contribution is 7.10. The lowest BCUT2D eigenvalue weighted by molar-refractivity contribution is 0.0531. The second-order valence-electron chi connectivity index (χ2n) is 4.08. The molecule has 2 rings (SSSR count). The molecular weight excluding hydrogens is 218 g/mol. The van der Waals surface area contributed by atoms with Crippen LogP contribution >= 0.6 is 22.9 Å². The molecule has 1 aliphatic heterocycles. The average Bonchev–Trinajstić information content (AvgIpc) is 2.62. The molecule has 1 unspecified atom stereocenters. The lowest BCUT2D eigenvalue weighted by Gasteiger charge is -2.21. The third-order valence-electron chi connectivity index (χ3n) is 2.70. The molecule has 1 aliphatic rings. The lowest BCUT2D eigenvalue weighted by atomic mass is 9.98. The van der Waals surface area contributed by atoms with Crippen LogP contribution in [0.15, 0.2) is 11.4 Å². The van der Waals surface area contributed by atoms with Crippen molar-refractivity contribution in [2.75, 3.05) is 20.1 Å². The molecule has 78 valence electrons. The third-order valence-corrected chi connectivity index (χ3v) is 4.09. The Bertz CT molecular complexity index is 328. The van der Waals surface area contributed by atoms with Crippen molar-refractivity contribution >= 4 is 22.9 Å². The van der Waals surface area contributed by atoms with Crippen LogP contribution in [0.5, 0.6) is 0 Å². The van der Waals surface area contributed by atoms with Crippen molar-refractivity contribution in [2.45, 2.75) is 18.4 Å². The zero-order valence-corrected chi connectivity index (χ0v) is 9.74. The summed E-state index contributed by atoms with van der Waals surface area (Å²) in [6.45, 7) is 1.72. The first-order valence-electron chi connectivity index (χ1n) is 4.72. The van der Waals surface area contributed by atoms with Gasteiger partial charge in [-0.05, 0) is 24.9 Å². The summed E-state index contributed by atoms with van der Waals surface area (Å²) in [5, 5.41) is 13.0. The average molecular weight is 232 g/mol. The number of β-amino-alcohol motifs (C(OH)–C–C–N with tert-alkyl or cyclic N) is 1. The van der Waals surface area contributed by atoms with Gasteiger partial charge in [0.1, 0.15) is 0 Å². The first-order chi connectivity index (χ1) is 6.59. The minimum Gasteiger partial charge on any atom is -0.388 e. The number of halogens is 1. The maximum Gasteiger partial charge on any atom is 0.0834 e. The lowest BCUT2D eigenvalue weighted by Crippen LogP contribution is -2.34. The fraction of sp³-hybridized carbons (Fsp3) is 0.600. The van der Waals surface area contributed by atoms with E-state index >= 15 is 0 Å². The van der Waals surface area contributed by atoms with Crippen molar-refractivity contribution < 1.29 is 5.11 Å². The van der Waals surface area contributed by atoms with Gasteiger partial charge in [0, 0.05) is 24.4 Å². The molecular formula is C10H14ClNOS. The van der Waals surface area contributed by atoms with Crippen LogP contribution in [0.2, 0.25) is 5.02 Å². The summed E-state index contributed by atoms with van der Waals surface area (Å²) in [4.78, 5) is 3.26. The molecule has 1 atom stereocenters. The Morgan fingerprint density at radius 3 is 3.00 bits per heavy atom. The molecule has 14 heavy (non-hydrogen) atoms. The Balaban J connectivity index is 2.07.